The molecule has 0 heterocycles. The molecule has 2 N–H and O–H groups in total. The Balaban J connectivity index is 2.96. The van der Waals surface area contributed by atoms with E-state index in [-0.39, 0.29) is 18.5 Å². The SMILES string of the molecule is CC(c1ccc(F)c(F)c1)N(C)C(=O)C(C)(C)CN. The second kappa shape index (κ2) is 5.65. The fourth-order valence-electron chi connectivity index (χ4n) is 1.74. The smallest absolute Gasteiger partial charge is 0.229 e. The lowest BCUT2D eigenvalue weighted by molar-refractivity contribution is -0.140. The Hall–Kier alpha value is -1.49. The van der Waals surface area contributed by atoms with E-state index in [1.54, 1.807) is 27.8 Å². The molecule has 1 unspecified atom stereocenters. The fourth-order valence-corrected chi connectivity index (χ4v) is 1.74. The van der Waals surface area contributed by atoms with Gasteiger partial charge in [0.15, 0.2) is 11.6 Å². The number of halogens is 2. The average molecular weight is 270 g/mol. The Labute approximate surface area is 112 Å². The van der Waals surface area contributed by atoms with Gasteiger partial charge >= 0.3 is 0 Å². The van der Waals surface area contributed by atoms with Gasteiger partial charge in [-0.25, -0.2) is 8.78 Å². The third kappa shape index (κ3) is 3.29. The Morgan fingerprint density at radius 2 is 1.95 bits per heavy atom. The van der Waals surface area contributed by atoms with Crippen LogP contribution in [0.15, 0.2) is 18.2 Å². The highest BCUT2D eigenvalue weighted by atomic mass is 19.2. The molecule has 1 amide bonds. The highest BCUT2D eigenvalue weighted by molar-refractivity contribution is 5.82. The summed E-state index contributed by atoms with van der Waals surface area (Å²) < 4.78 is 26.1. The van der Waals surface area contributed by atoms with Crippen molar-refractivity contribution < 1.29 is 13.6 Å². The molecule has 1 aromatic rings. The van der Waals surface area contributed by atoms with Crippen molar-refractivity contribution in [1.82, 2.24) is 4.90 Å². The molecule has 1 rings (SSSR count). The first-order chi connectivity index (χ1) is 8.70. The predicted octanol–water partition coefficient (Wildman–Crippen LogP) is 2.47. The van der Waals surface area contributed by atoms with Gasteiger partial charge in [0.2, 0.25) is 5.91 Å². The fraction of sp³-hybridized carbons (Fsp3) is 0.500. The Morgan fingerprint density at radius 3 is 2.42 bits per heavy atom. The van der Waals surface area contributed by atoms with Gasteiger partial charge in [-0.3, -0.25) is 4.79 Å². The highest BCUT2D eigenvalue weighted by Crippen LogP contribution is 2.25. The van der Waals surface area contributed by atoms with Gasteiger partial charge in [0.05, 0.1) is 11.5 Å². The van der Waals surface area contributed by atoms with E-state index in [0.717, 1.165) is 12.1 Å². The number of carbonyl (C=O) groups excluding carboxylic acids is 1. The van der Waals surface area contributed by atoms with Gasteiger partial charge in [-0.15, -0.1) is 0 Å². The van der Waals surface area contributed by atoms with E-state index >= 15 is 0 Å². The monoisotopic (exact) mass is 270 g/mol. The summed E-state index contributed by atoms with van der Waals surface area (Å²) in [4.78, 5) is 13.7. The van der Waals surface area contributed by atoms with Crippen LogP contribution in [0.3, 0.4) is 0 Å². The lowest BCUT2D eigenvalue weighted by atomic mass is 9.91. The van der Waals surface area contributed by atoms with Gasteiger partial charge < -0.3 is 10.6 Å². The number of nitrogens with zero attached hydrogens (tertiary/aromatic N) is 1. The van der Waals surface area contributed by atoms with Gasteiger partial charge in [-0.05, 0) is 38.5 Å². The molecule has 0 spiro atoms. The van der Waals surface area contributed by atoms with Crippen molar-refractivity contribution in [3.8, 4) is 0 Å². The van der Waals surface area contributed by atoms with Crippen LogP contribution in [0.4, 0.5) is 8.78 Å². The average Bonchev–Trinajstić information content (AvgIpc) is 2.39. The third-order valence-electron chi connectivity index (χ3n) is 3.42. The largest absolute Gasteiger partial charge is 0.338 e. The van der Waals surface area contributed by atoms with Gasteiger partial charge in [-0.2, -0.15) is 0 Å². The maximum atomic E-state index is 13.2. The normalized spacial score (nSPS) is 13.2. The maximum Gasteiger partial charge on any atom is 0.229 e. The first kappa shape index (κ1) is 15.6. The second-order valence-electron chi connectivity index (χ2n) is 5.35. The molecule has 0 bridgehead atoms. The molecule has 0 aromatic heterocycles. The van der Waals surface area contributed by atoms with E-state index in [1.807, 2.05) is 0 Å². The van der Waals surface area contributed by atoms with Crippen LogP contribution in [0.25, 0.3) is 0 Å². The quantitative estimate of drug-likeness (QED) is 0.913. The van der Waals surface area contributed by atoms with Crippen molar-refractivity contribution in [2.75, 3.05) is 13.6 Å². The number of hydrogen-bond acceptors (Lipinski definition) is 2. The Kier molecular flexibility index (Phi) is 4.63. The summed E-state index contributed by atoms with van der Waals surface area (Å²) in [6.07, 6.45) is 0. The van der Waals surface area contributed by atoms with E-state index in [2.05, 4.69) is 0 Å². The van der Waals surface area contributed by atoms with E-state index in [0.29, 0.717) is 5.56 Å². The zero-order valence-corrected chi connectivity index (χ0v) is 11.7. The van der Waals surface area contributed by atoms with Crippen LogP contribution in [0.2, 0.25) is 0 Å². The van der Waals surface area contributed by atoms with E-state index < -0.39 is 17.0 Å². The van der Waals surface area contributed by atoms with Crippen LogP contribution >= 0.6 is 0 Å². The molecule has 0 aliphatic heterocycles. The molecule has 106 valence electrons. The summed E-state index contributed by atoms with van der Waals surface area (Å²) in [5.74, 6) is -1.94. The van der Waals surface area contributed by atoms with Crippen molar-refractivity contribution in [3.05, 3.63) is 35.4 Å². The second-order valence-corrected chi connectivity index (χ2v) is 5.35. The van der Waals surface area contributed by atoms with Crippen molar-refractivity contribution in [2.45, 2.75) is 26.8 Å². The molecule has 0 radical (unpaired) electrons. The van der Waals surface area contributed by atoms with Gasteiger partial charge in [0.1, 0.15) is 0 Å². The standard InChI is InChI=1S/C14H20F2N2O/c1-9(10-5-6-11(15)12(16)7-10)18(4)13(19)14(2,3)8-17/h5-7,9H,8,17H2,1-4H3. The van der Waals surface area contributed by atoms with Gasteiger partial charge in [0, 0.05) is 13.6 Å². The summed E-state index contributed by atoms with van der Waals surface area (Å²) in [5.41, 5.74) is 5.44. The van der Waals surface area contributed by atoms with Gasteiger partial charge in [0.25, 0.3) is 0 Å². The molecular formula is C14H20F2N2O. The van der Waals surface area contributed by atoms with Crippen LogP contribution < -0.4 is 5.73 Å². The number of carbonyl (C=O) groups is 1. The summed E-state index contributed by atoms with van der Waals surface area (Å²) >= 11 is 0. The van der Waals surface area contributed by atoms with E-state index in [4.69, 9.17) is 5.73 Å². The van der Waals surface area contributed by atoms with Crippen molar-refractivity contribution >= 4 is 5.91 Å². The van der Waals surface area contributed by atoms with Crippen molar-refractivity contribution in [1.29, 1.82) is 0 Å². The molecule has 0 aliphatic rings. The molecule has 0 fully saturated rings. The summed E-state index contributed by atoms with van der Waals surface area (Å²) in [6, 6.07) is 3.29. The number of rotatable bonds is 4. The number of nitrogens with two attached hydrogens (primary N) is 1. The lowest BCUT2D eigenvalue weighted by Crippen LogP contribution is -2.43. The highest BCUT2D eigenvalue weighted by Gasteiger charge is 2.31. The number of hydrogen-bond donors (Lipinski definition) is 1. The molecule has 5 heteroatoms. The van der Waals surface area contributed by atoms with E-state index in [9.17, 15) is 13.6 Å². The molecular weight excluding hydrogens is 250 g/mol. The topological polar surface area (TPSA) is 46.3 Å². The minimum atomic E-state index is -0.914. The first-order valence-corrected chi connectivity index (χ1v) is 6.13. The molecule has 0 saturated carbocycles. The Morgan fingerprint density at radius 1 is 1.37 bits per heavy atom. The third-order valence-corrected chi connectivity index (χ3v) is 3.42. The van der Waals surface area contributed by atoms with Crippen LogP contribution in [-0.4, -0.2) is 24.4 Å². The number of amides is 1. The first-order valence-electron chi connectivity index (χ1n) is 6.13. The molecule has 1 aromatic carbocycles. The van der Waals surface area contributed by atoms with Crippen LogP contribution in [0.5, 0.6) is 0 Å². The minimum Gasteiger partial charge on any atom is -0.338 e. The van der Waals surface area contributed by atoms with Crippen LogP contribution in [0, 0.1) is 17.0 Å². The van der Waals surface area contributed by atoms with Crippen molar-refractivity contribution in [2.24, 2.45) is 11.1 Å². The number of benzene rings is 1. The summed E-state index contributed by atoms with van der Waals surface area (Å²) in [6.45, 7) is 5.49. The molecule has 19 heavy (non-hydrogen) atoms. The summed E-state index contributed by atoms with van der Waals surface area (Å²) in [5, 5.41) is 0. The molecule has 1 atom stereocenters. The molecule has 0 saturated heterocycles. The van der Waals surface area contributed by atoms with Crippen LogP contribution in [-0.2, 0) is 4.79 Å². The van der Waals surface area contributed by atoms with E-state index in [1.165, 1.54) is 11.0 Å². The minimum absolute atomic E-state index is 0.132. The van der Waals surface area contributed by atoms with Crippen molar-refractivity contribution in [3.63, 3.8) is 0 Å². The predicted molar refractivity (Wildman–Crippen MR) is 70.4 cm³/mol. The zero-order valence-electron chi connectivity index (χ0n) is 11.7. The van der Waals surface area contributed by atoms with Gasteiger partial charge in [-0.1, -0.05) is 6.07 Å². The Bertz CT molecular complexity index is 475. The van der Waals surface area contributed by atoms with Crippen LogP contribution in [0.1, 0.15) is 32.4 Å². The molecule has 0 aliphatic carbocycles. The zero-order chi connectivity index (χ0) is 14.8. The maximum absolute atomic E-state index is 13.2. The molecule has 3 nitrogen and oxygen atoms in total. The summed E-state index contributed by atoms with van der Waals surface area (Å²) in [7, 11) is 1.63. The lowest BCUT2D eigenvalue weighted by Gasteiger charge is -2.32.